The van der Waals surface area contributed by atoms with Crippen molar-refractivity contribution in [3.63, 3.8) is 0 Å². The molecule has 0 aliphatic carbocycles. The lowest BCUT2D eigenvalue weighted by molar-refractivity contribution is -0.142. The van der Waals surface area contributed by atoms with Crippen LogP contribution in [0, 0.1) is 0 Å². The van der Waals surface area contributed by atoms with Crippen LogP contribution < -0.4 is 10.6 Å². The topological polar surface area (TPSA) is 61.4 Å². The summed E-state index contributed by atoms with van der Waals surface area (Å²) in [6.07, 6.45) is 0. The fraction of sp³-hybridized carbons (Fsp3) is 0.467. The number of hydrogen-bond donors (Lipinski definition) is 2. The molecule has 1 saturated heterocycles. The van der Waals surface area contributed by atoms with Gasteiger partial charge in [-0.25, -0.2) is 0 Å². The van der Waals surface area contributed by atoms with Crippen LogP contribution in [-0.4, -0.2) is 55.2 Å². The number of benzene rings is 1. The summed E-state index contributed by atoms with van der Waals surface area (Å²) < 4.78 is 0. The molecule has 0 radical (unpaired) electrons. The molecule has 2 atom stereocenters. The highest BCUT2D eigenvalue weighted by atomic mass is 32.2. The van der Waals surface area contributed by atoms with Gasteiger partial charge in [0.25, 0.3) is 0 Å². The smallest absolute Gasteiger partial charge is 0.243 e. The lowest BCUT2D eigenvalue weighted by atomic mass is 9.98. The van der Waals surface area contributed by atoms with Gasteiger partial charge >= 0.3 is 0 Å². The Balaban J connectivity index is 1.82. The molecular formula is C15H19N3O2S. The van der Waals surface area contributed by atoms with Crippen LogP contribution in [0.2, 0.25) is 0 Å². The summed E-state index contributed by atoms with van der Waals surface area (Å²) in [5, 5.41) is 5.84. The zero-order valence-electron chi connectivity index (χ0n) is 12.0. The van der Waals surface area contributed by atoms with Crippen LogP contribution >= 0.6 is 11.8 Å². The summed E-state index contributed by atoms with van der Waals surface area (Å²) in [4.78, 5) is 27.8. The van der Waals surface area contributed by atoms with Crippen molar-refractivity contribution in [2.24, 2.45) is 0 Å². The third kappa shape index (κ3) is 2.65. The van der Waals surface area contributed by atoms with Crippen molar-refractivity contribution in [3.05, 3.63) is 29.8 Å². The lowest BCUT2D eigenvalue weighted by Gasteiger charge is -2.36. The van der Waals surface area contributed by atoms with Crippen molar-refractivity contribution in [3.8, 4) is 0 Å². The molecule has 21 heavy (non-hydrogen) atoms. The van der Waals surface area contributed by atoms with Crippen LogP contribution in [0.15, 0.2) is 29.2 Å². The van der Waals surface area contributed by atoms with Gasteiger partial charge in [-0.3, -0.25) is 9.59 Å². The van der Waals surface area contributed by atoms with E-state index in [2.05, 4.69) is 16.7 Å². The Hall–Kier alpha value is -1.53. The first-order valence-corrected chi connectivity index (χ1v) is 8.15. The number of nitrogens with one attached hydrogen (secondary N) is 2. The summed E-state index contributed by atoms with van der Waals surface area (Å²) in [6, 6.07) is 7.64. The van der Waals surface area contributed by atoms with Crippen LogP contribution in [0.5, 0.6) is 0 Å². The monoisotopic (exact) mass is 305 g/mol. The maximum atomic E-state index is 12.9. The fourth-order valence-electron chi connectivity index (χ4n) is 2.94. The number of likely N-dealkylation sites (N-methyl/N-ethyl adjacent to an activating group) is 1. The minimum absolute atomic E-state index is 0.0718. The number of fused-ring (bicyclic) bond motifs is 1. The number of thioether (sulfide) groups is 1. The molecule has 2 aliphatic heterocycles. The molecule has 2 unspecified atom stereocenters. The van der Waals surface area contributed by atoms with E-state index in [4.69, 9.17) is 0 Å². The third-order valence-electron chi connectivity index (χ3n) is 4.07. The van der Waals surface area contributed by atoms with Crippen molar-refractivity contribution in [2.45, 2.75) is 16.9 Å². The molecule has 0 saturated carbocycles. The molecule has 2 amide bonds. The fourth-order valence-corrected chi connectivity index (χ4v) is 4.16. The highest BCUT2D eigenvalue weighted by Crippen LogP contribution is 2.40. The van der Waals surface area contributed by atoms with Gasteiger partial charge in [-0.15, -0.1) is 11.8 Å². The summed E-state index contributed by atoms with van der Waals surface area (Å²) in [5.74, 6) is 0.608. The summed E-state index contributed by atoms with van der Waals surface area (Å²) in [7, 11) is 1.61. The minimum Gasteiger partial charge on any atom is -0.357 e. The largest absolute Gasteiger partial charge is 0.357 e. The first-order valence-electron chi connectivity index (χ1n) is 7.17. The second-order valence-corrected chi connectivity index (χ2v) is 6.33. The van der Waals surface area contributed by atoms with Crippen molar-refractivity contribution in [2.75, 3.05) is 32.4 Å². The first kappa shape index (κ1) is 14.4. The van der Waals surface area contributed by atoms with Gasteiger partial charge < -0.3 is 15.5 Å². The SMILES string of the molecule is CNC(=O)C1CNCCN1C(=O)C1CSc2ccccc21. The number of hydrogen-bond acceptors (Lipinski definition) is 4. The summed E-state index contributed by atoms with van der Waals surface area (Å²) in [6.45, 7) is 1.84. The standard InChI is InChI=1S/C15H19N3O2S/c1-16-14(19)12-8-17-6-7-18(12)15(20)11-9-21-13-5-3-2-4-10(11)13/h2-5,11-12,17H,6-9H2,1H3,(H,16,19). The van der Waals surface area contributed by atoms with Gasteiger partial charge in [0, 0.05) is 37.3 Å². The minimum atomic E-state index is -0.408. The Kier molecular flexibility index (Phi) is 4.17. The van der Waals surface area contributed by atoms with Crippen molar-refractivity contribution in [1.29, 1.82) is 0 Å². The Labute approximate surface area is 128 Å². The van der Waals surface area contributed by atoms with Gasteiger partial charge in [-0.2, -0.15) is 0 Å². The normalized spacial score (nSPS) is 24.5. The van der Waals surface area contributed by atoms with Gasteiger partial charge in [0.1, 0.15) is 6.04 Å². The number of carbonyl (C=O) groups is 2. The van der Waals surface area contributed by atoms with Crippen LogP contribution in [0.1, 0.15) is 11.5 Å². The van der Waals surface area contributed by atoms with E-state index in [0.29, 0.717) is 13.1 Å². The van der Waals surface area contributed by atoms with E-state index in [9.17, 15) is 9.59 Å². The number of amides is 2. The van der Waals surface area contributed by atoms with Gasteiger partial charge in [0.2, 0.25) is 11.8 Å². The van der Waals surface area contributed by atoms with Crippen molar-refractivity contribution >= 4 is 23.6 Å². The molecule has 1 fully saturated rings. The Morgan fingerprint density at radius 2 is 2.19 bits per heavy atom. The quantitative estimate of drug-likeness (QED) is 0.831. The molecule has 3 rings (SSSR count). The van der Waals surface area contributed by atoms with Crippen molar-refractivity contribution in [1.82, 2.24) is 15.5 Å². The Morgan fingerprint density at radius 3 is 3.00 bits per heavy atom. The molecule has 0 bridgehead atoms. The van der Waals surface area contributed by atoms with Crippen LogP contribution in [0.4, 0.5) is 0 Å². The van der Waals surface area contributed by atoms with E-state index in [1.54, 1.807) is 23.7 Å². The number of carbonyl (C=O) groups excluding carboxylic acids is 2. The van der Waals surface area contributed by atoms with E-state index in [1.807, 2.05) is 18.2 Å². The second-order valence-electron chi connectivity index (χ2n) is 5.27. The number of piperazine rings is 1. The molecule has 2 heterocycles. The van der Waals surface area contributed by atoms with Crippen LogP contribution in [0.25, 0.3) is 0 Å². The third-order valence-corrected chi connectivity index (χ3v) is 5.26. The molecule has 2 aliphatic rings. The van der Waals surface area contributed by atoms with E-state index in [1.165, 1.54) is 4.90 Å². The first-order chi connectivity index (χ1) is 10.2. The second kappa shape index (κ2) is 6.07. The molecule has 112 valence electrons. The van der Waals surface area contributed by atoms with Gasteiger partial charge in [0.05, 0.1) is 5.92 Å². The maximum Gasteiger partial charge on any atom is 0.243 e. The van der Waals surface area contributed by atoms with E-state index >= 15 is 0 Å². The average Bonchev–Trinajstić information content (AvgIpc) is 2.97. The van der Waals surface area contributed by atoms with Crippen LogP contribution in [0.3, 0.4) is 0 Å². The molecular weight excluding hydrogens is 286 g/mol. The van der Waals surface area contributed by atoms with E-state index in [-0.39, 0.29) is 17.7 Å². The average molecular weight is 305 g/mol. The maximum absolute atomic E-state index is 12.9. The predicted octanol–water partition coefficient (Wildman–Crippen LogP) is 0.422. The van der Waals surface area contributed by atoms with Gasteiger partial charge in [0.15, 0.2) is 0 Å². The zero-order chi connectivity index (χ0) is 14.8. The van der Waals surface area contributed by atoms with Gasteiger partial charge in [-0.05, 0) is 11.6 Å². The van der Waals surface area contributed by atoms with E-state index in [0.717, 1.165) is 17.9 Å². The number of nitrogens with zero attached hydrogens (tertiary/aromatic N) is 1. The Morgan fingerprint density at radius 1 is 1.38 bits per heavy atom. The summed E-state index contributed by atoms with van der Waals surface area (Å²) >= 11 is 1.72. The van der Waals surface area contributed by atoms with E-state index < -0.39 is 6.04 Å². The molecule has 0 aromatic heterocycles. The zero-order valence-corrected chi connectivity index (χ0v) is 12.8. The lowest BCUT2D eigenvalue weighted by Crippen LogP contribution is -2.60. The van der Waals surface area contributed by atoms with Crippen LogP contribution in [-0.2, 0) is 9.59 Å². The molecule has 1 aromatic rings. The molecule has 1 aromatic carbocycles. The number of rotatable bonds is 2. The van der Waals surface area contributed by atoms with Gasteiger partial charge in [-0.1, -0.05) is 18.2 Å². The molecule has 5 nitrogen and oxygen atoms in total. The molecule has 0 spiro atoms. The molecule has 6 heteroatoms. The highest BCUT2D eigenvalue weighted by Gasteiger charge is 2.38. The molecule has 2 N–H and O–H groups in total. The highest BCUT2D eigenvalue weighted by molar-refractivity contribution is 7.99. The van der Waals surface area contributed by atoms with Crippen molar-refractivity contribution < 1.29 is 9.59 Å². The summed E-state index contributed by atoms with van der Waals surface area (Å²) in [5.41, 5.74) is 1.10. The predicted molar refractivity (Wildman–Crippen MR) is 82.3 cm³/mol. The Bertz CT molecular complexity index is 564.